The van der Waals surface area contributed by atoms with E-state index in [1.165, 1.54) is 57.8 Å². The second-order valence-corrected chi connectivity index (χ2v) is 8.32. The average Bonchev–Trinajstić information content (AvgIpc) is 2.48. The smallest absolute Gasteiger partial charge is 0.0501 e. The zero-order valence-electron chi connectivity index (χ0n) is 14.4. The van der Waals surface area contributed by atoms with Crippen LogP contribution in [0.15, 0.2) is 0 Å². The minimum absolute atomic E-state index is 0.385. The molecule has 21 heavy (non-hydrogen) atoms. The summed E-state index contributed by atoms with van der Waals surface area (Å²) in [5.74, 6) is 0.906. The van der Waals surface area contributed by atoms with Crippen molar-refractivity contribution in [2.45, 2.75) is 102 Å². The van der Waals surface area contributed by atoms with E-state index >= 15 is 0 Å². The SMILES string of the molecule is CCCCS(=O)C1CCCCCCCCCCC1NCC. The van der Waals surface area contributed by atoms with Gasteiger partial charge in [-0.2, -0.15) is 0 Å². The van der Waals surface area contributed by atoms with Crippen molar-refractivity contribution in [3.63, 3.8) is 0 Å². The van der Waals surface area contributed by atoms with Crippen LogP contribution in [0.1, 0.15) is 90.9 Å². The lowest BCUT2D eigenvalue weighted by Crippen LogP contribution is -2.43. The van der Waals surface area contributed by atoms with E-state index in [4.69, 9.17) is 0 Å². The second-order valence-electron chi connectivity index (χ2n) is 6.55. The number of hydrogen-bond acceptors (Lipinski definition) is 2. The van der Waals surface area contributed by atoms with Crippen molar-refractivity contribution in [1.82, 2.24) is 5.32 Å². The Hall–Kier alpha value is 0.110. The first-order valence-corrected chi connectivity index (χ1v) is 10.8. The Balaban J connectivity index is 2.62. The molecule has 1 fully saturated rings. The van der Waals surface area contributed by atoms with E-state index in [1.807, 2.05) is 0 Å². The van der Waals surface area contributed by atoms with Crippen LogP contribution >= 0.6 is 0 Å². The summed E-state index contributed by atoms with van der Waals surface area (Å²) in [5, 5.41) is 4.04. The van der Waals surface area contributed by atoms with Crippen LogP contribution in [0.2, 0.25) is 0 Å². The van der Waals surface area contributed by atoms with E-state index in [0.29, 0.717) is 11.3 Å². The summed E-state index contributed by atoms with van der Waals surface area (Å²) in [6.07, 6.45) is 15.5. The van der Waals surface area contributed by atoms with Crippen molar-refractivity contribution >= 4 is 10.8 Å². The molecule has 0 aromatic heterocycles. The Morgan fingerprint density at radius 1 is 0.905 bits per heavy atom. The molecule has 0 aliphatic heterocycles. The molecule has 1 rings (SSSR count). The highest BCUT2D eigenvalue weighted by Crippen LogP contribution is 2.21. The Bertz CT molecular complexity index is 270. The zero-order chi connectivity index (χ0) is 15.3. The number of hydrogen-bond donors (Lipinski definition) is 1. The van der Waals surface area contributed by atoms with Crippen molar-refractivity contribution in [3.8, 4) is 0 Å². The van der Waals surface area contributed by atoms with Crippen LogP contribution in [0.25, 0.3) is 0 Å². The van der Waals surface area contributed by atoms with E-state index in [1.54, 1.807) is 0 Å². The highest BCUT2D eigenvalue weighted by atomic mass is 32.2. The van der Waals surface area contributed by atoms with Gasteiger partial charge in [-0.15, -0.1) is 0 Å². The van der Waals surface area contributed by atoms with Crippen molar-refractivity contribution < 1.29 is 4.21 Å². The fourth-order valence-corrected chi connectivity index (χ4v) is 5.31. The normalized spacial score (nSPS) is 27.5. The van der Waals surface area contributed by atoms with Crippen molar-refractivity contribution in [2.24, 2.45) is 0 Å². The van der Waals surface area contributed by atoms with Crippen LogP contribution in [0.5, 0.6) is 0 Å². The topological polar surface area (TPSA) is 29.1 Å². The van der Waals surface area contributed by atoms with Gasteiger partial charge >= 0.3 is 0 Å². The van der Waals surface area contributed by atoms with Gasteiger partial charge in [0.15, 0.2) is 0 Å². The molecule has 3 unspecified atom stereocenters. The minimum Gasteiger partial charge on any atom is -0.313 e. The second kappa shape index (κ2) is 12.6. The molecule has 126 valence electrons. The number of unbranched alkanes of at least 4 members (excludes halogenated alkanes) is 1. The molecule has 0 spiro atoms. The van der Waals surface area contributed by atoms with Gasteiger partial charge in [-0.25, -0.2) is 0 Å². The maximum atomic E-state index is 12.7. The molecule has 0 heterocycles. The average molecular weight is 316 g/mol. The number of nitrogens with one attached hydrogen (secondary N) is 1. The lowest BCUT2D eigenvalue weighted by molar-refractivity contribution is 0.414. The van der Waals surface area contributed by atoms with Gasteiger partial charge in [-0.05, 0) is 25.8 Å². The highest BCUT2D eigenvalue weighted by molar-refractivity contribution is 7.85. The van der Waals surface area contributed by atoms with Crippen molar-refractivity contribution in [1.29, 1.82) is 0 Å². The molecule has 1 N–H and O–H groups in total. The zero-order valence-corrected chi connectivity index (χ0v) is 15.2. The van der Waals surface area contributed by atoms with E-state index in [2.05, 4.69) is 19.2 Å². The van der Waals surface area contributed by atoms with Gasteiger partial charge in [-0.1, -0.05) is 71.6 Å². The van der Waals surface area contributed by atoms with Gasteiger partial charge in [0, 0.05) is 22.6 Å². The third kappa shape index (κ3) is 8.35. The summed E-state index contributed by atoms with van der Waals surface area (Å²) in [6.45, 7) is 5.38. The third-order valence-corrected chi connectivity index (χ3v) is 6.64. The van der Waals surface area contributed by atoms with Crippen LogP contribution in [0.3, 0.4) is 0 Å². The lowest BCUT2D eigenvalue weighted by atomic mass is 9.97. The molecule has 2 nitrogen and oxygen atoms in total. The molecule has 0 radical (unpaired) electrons. The van der Waals surface area contributed by atoms with Crippen LogP contribution < -0.4 is 5.32 Å². The first-order chi connectivity index (χ1) is 10.3. The van der Waals surface area contributed by atoms with Crippen LogP contribution in [0.4, 0.5) is 0 Å². The summed E-state index contributed by atoms with van der Waals surface area (Å²) in [5.41, 5.74) is 0. The van der Waals surface area contributed by atoms with E-state index in [-0.39, 0.29) is 0 Å². The molecular weight excluding hydrogens is 278 g/mol. The summed E-state index contributed by atoms with van der Waals surface area (Å²) >= 11 is 0. The molecule has 0 bridgehead atoms. The molecular formula is C18H37NOS. The van der Waals surface area contributed by atoms with Crippen molar-refractivity contribution in [2.75, 3.05) is 12.3 Å². The maximum Gasteiger partial charge on any atom is 0.0501 e. The molecule has 3 heteroatoms. The van der Waals surface area contributed by atoms with Crippen LogP contribution in [0, 0.1) is 0 Å². The Kier molecular flexibility index (Phi) is 11.5. The molecule has 3 atom stereocenters. The molecule has 1 aliphatic rings. The standard InChI is InChI=1S/C18H37NOS/c1-3-5-16-21(20)18-15-13-11-9-7-6-8-10-12-14-17(18)19-4-2/h17-19H,3-16H2,1-2H3. The predicted octanol–water partition coefficient (Wildman–Crippen LogP) is 4.80. The number of rotatable bonds is 6. The van der Waals surface area contributed by atoms with Gasteiger partial charge in [0.25, 0.3) is 0 Å². The largest absolute Gasteiger partial charge is 0.313 e. The monoisotopic (exact) mass is 315 g/mol. The molecule has 1 aliphatic carbocycles. The molecule has 0 saturated heterocycles. The fraction of sp³-hybridized carbons (Fsp3) is 1.00. The summed E-state index contributed by atoms with van der Waals surface area (Å²) in [6, 6.07) is 0.479. The first-order valence-electron chi connectivity index (χ1n) is 9.40. The van der Waals surface area contributed by atoms with Crippen molar-refractivity contribution in [3.05, 3.63) is 0 Å². The Morgan fingerprint density at radius 3 is 2.05 bits per heavy atom. The van der Waals surface area contributed by atoms with Gasteiger partial charge in [-0.3, -0.25) is 4.21 Å². The van der Waals surface area contributed by atoms with E-state index < -0.39 is 10.8 Å². The van der Waals surface area contributed by atoms with E-state index in [9.17, 15) is 4.21 Å². The predicted molar refractivity (Wildman–Crippen MR) is 95.3 cm³/mol. The van der Waals surface area contributed by atoms with Crippen LogP contribution in [-0.4, -0.2) is 27.8 Å². The fourth-order valence-electron chi connectivity index (χ4n) is 3.41. The molecule has 0 aromatic rings. The minimum atomic E-state index is -0.643. The quantitative estimate of drug-likeness (QED) is 0.763. The molecule has 1 saturated carbocycles. The first kappa shape index (κ1) is 19.2. The third-order valence-electron chi connectivity index (χ3n) is 4.71. The van der Waals surface area contributed by atoms with Gasteiger partial charge in [0.1, 0.15) is 0 Å². The highest BCUT2D eigenvalue weighted by Gasteiger charge is 2.25. The van der Waals surface area contributed by atoms with Gasteiger partial charge in [0.05, 0.1) is 5.25 Å². The van der Waals surface area contributed by atoms with Gasteiger partial charge in [0.2, 0.25) is 0 Å². The Labute approximate surface area is 135 Å². The maximum absolute atomic E-state index is 12.7. The molecule has 0 amide bonds. The molecule has 0 aromatic carbocycles. The summed E-state index contributed by atoms with van der Waals surface area (Å²) in [7, 11) is -0.643. The lowest BCUT2D eigenvalue weighted by Gasteiger charge is -2.28. The summed E-state index contributed by atoms with van der Waals surface area (Å²) < 4.78 is 12.7. The van der Waals surface area contributed by atoms with Crippen LogP contribution in [-0.2, 0) is 10.8 Å². The summed E-state index contributed by atoms with van der Waals surface area (Å²) in [4.78, 5) is 0. The Morgan fingerprint density at radius 2 is 1.48 bits per heavy atom. The van der Waals surface area contributed by atoms with Gasteiger partial charge < -0.3 is 5.32 Å². The van der Waals surface area contributed by atoms with E-state index in [0.717, 1.165) is 31.6 Å².